The zero-order valence-corrected chi connectivity index (χ0v) is 25.6. The summed E-state index contributed by atoms with van der Waals surface area (Å²) in [6.07, 6.45) is 1.07. The summed E-state index contributed by atoms with van der Waals surface area (Å²) >= 11 is 0. The van der Waals surface area contributed by atoms with Crippen molar-refractivity contribution in [2.24, 2.45) is 0 Å². The molecule has 1 amide bonds. The van der Waals surface area contributed by atoms with Gasteiger partial charge >= 0.3 is 5.97 Å². The van der Waals surface area contributed by atoms with E-state index in [9.17, 15) is 14.0 Å². The van der Waals surface area contributed by atoms with Crippen molar-refractivity contribution < 1.29 is 23.1 Å². The van der Waals surface area contributed by atoms with Gasteiger partial charge in [0.25, 0.3) is 5.91 Å². The fourth-order valence-electron chi connectivity index (χ4n) is 5.68. The molecule has 2 atom stereocenters. The lowest BCUT2D eigenvalue weighted by atomic mass is 9.94. The van der Waals surface area contributed by atoms with Crippen LogP contribution in [0.15, 0.2) is 84.9 Å². The van der Waals surface area contributed by atoms with Gasteiger partial charge in [-0.1, -0.05) is 62.4 Å². The lowest BCUT2D eigenvalue weighted by Crippen LogP contribution is -2.34. The van der Waals surface area contributed by atoms with Crippen LogP contribution in [0.4, 0.5) is 10.1 Å². The molecule has 0 aliphatic carbocycles. The molecular weight excluding hydrogens is 535 g/mol. The average molecular weight is 571 g/mol. The summed E-state index contributed by atoms with van der Waals surface area (Å²) in [7, 11) is 0.556. The number of hydrogen-bond donors (Lipinski definition) is 1. The smallest absolute Gasteiger partial charge is 0.308 e. The predicted octanol–water partition coefficient (Wildman–Crippen LogP) is 6.10. The maximum absolute atomic E-state index is 14.1. The molecule has 212 valence electrons. The van der Waals surface area contributed by atoms with Gasteiger partial charge in [-0.3, -0.25) is 9.59 Å². The van der Waals surface area contributed by atoms with E-state index in [1.165, 1.54) is 12.1 Å². The normalized spacial score (nSPS) is 17.0. The first-order valence-corrected chi connectivity index (χ1v) is 14.8. The number of para-hydroxylation sites is 1. The zero-order chi connectivity index (χ0) is 28.9. The molecule has 0 spiro atoms. The van der Waals surface area contributed by atoms with Crippen LogP contribution in [0.1, 0.15) is 55.1 Å². The van der Waals surface area contributed by atoms with Crippen LogP contribution in [0.3, 0.4) is 0 Å². The number of halogens is 1. The minimum Gasteiger partial charge on any atom is -0.462 e. The van der Waals surface area contributed by atoms with Crippen LogP contribution < -0.4 is 5.32 Å². The van der Waals surface area contributed by atoms with Crippen molar-refractivity contribution in [3.05, 3.63) is 102 Å². The second-order valence-electron chi connectivity index (χ2n) is 10.7. The van der Waals surface area contributed by atoms with E-state index in [2.05, 4.69) is 23.7 Å². The van der Waals surface area contributed by atoms with E-state index in [0.29, 0.717) is 41.1 Å². The molecule has 4 aromatic rings. The SMILES string of the molecule is CC(C)c1c(C(=O)Nc2ccccc2)c(-c2ccccc2)c(-c2ccc(F)cc2)n1CCC1C[C@@H](O[SiH3])CC(=O)O1. The van der Waals surface area contributed by atoms with Crippen LogP contribution in [0.5, 0.6) is 0 Å². The molecule has 1 saturated heterocycles. The highest BCUT2D eigenvalue weighted by Gasteiger charge is 2.32. The number of benzene rings is 3. The van der Waals surface area contributed by atoms with E-state index in [1.54, 1.807) is 12.1 Å². The first-order chi connectivity index (χ1) is 19.9. The zero-order valence-electron chi connectivity index (χ0n) is 23.6. The number of nitrogens with zero attached hydrogens (tertiary/aromatic N) is 1. The minimum absolute atomic E-state index is 0.0187. The van der Waals surface area contributed by atoms with E-state index in [4.69, 9.17) is 9.16 Å². The molecule has 3 aromatic carbocycles. The maximum atomic E-state index is 14.1. The van der Waals surface area contributed by atoms with Crippen molar-refractivity contribution in [1.29, 1.82) is 0 Å². The van der Waals surface area contributed by atoms with Crippen molar-refractivity contribution >= 4 is 28.0 Å². The minimum atomic E-state index is -0.331. The van der Waals surface area contributed by atoms with Crippen LogP contribution in [0.25, 0.3) is 22.4 Å². The Kier molecular flexibility index (Phi) is 8.80. The largest absolute Gasteiger partial charge is 0.462 e. The molecule has 2 heterocycles. The molecule has 0 radical (unpaired) electrons. The fraction of sp³-hybridized carbons (Fsp3) is 0.273. The number of aromatic nitrogens is 1. The van der Waals surface area contributed by atoms with Crippen molar-refractivity contribution in [1.82, 2.24) is 4.57 Å². The number of anilines is 1. The van der Waals surface area contributed by atoms with Crippen LogP contribution in [0.2, 0.25) is 0 Å². The Balaban J connectivity index is 1.69. The van der Waals surface area contributed by atoms with Crippen LogP contribution in [0, 0.1) is 5.82 Å². The quantitative estimate of drug-likeness (QED) is 0.195. The molecular formula is C33H35FN2O4Si. The van der Waals surface area contributed by atoms with Crippen molar-refractivity contribution in [3.63, 3.8) is 0 Å². The molecule has 1 aliphatic heterocycles. The van der Waals surface area contributed by atoms with E-state index in [1.807, 2.05) is 60.7 Å². The molecule has 6 nitrogen and oxygen atoms in total. The standard InChI is InChI=1S/C33H35FN2O4Si/c1-21(2)31-30(33(38)35-25-11-7-4-8-12-25)29(22-9-5-3-6-10-22)32(23-13-15-24(34)16-14-23)36(31)18-17-26-19-27(40-41)20-28(37)39-26/h3-16,21,26-27H,17-20H2,1-2,41H3,(H,35,38)/t26?,27-/m1/s1. The highest BCUT2D eigenvalue weighted by molar-refractivity contribution is 6.12. The number of carbonyl (C=O) groups is 2. The Labute approximate surface area is 243 Å². The fourth-order valence-corrected chi connectivity index (χ4v) is 6.04. The Morgan fingerprint density at radius 3 is 2.32 bits per heavy atom. The monoisotopic (exact) mass is 570 g/mol. The molecule has 0 bridgehead atoms. The molecule has 0 saturated carbocycles. The highest BCUT2D eigenvalue weighted by Crippen LogP contribution is 2.43. The van der Waals surface area contributed by atoms with Gasteiger partial charge in [0, 0.05) is 36.3 Å². The molecule has 1 aromatic heterocycles. The van der Waals surface area contributed by atoms with Gasteiger partial charge in [-0.25, -0.2) is 4.39 Å². The van der Waals surface area contributed by atoms with Gasteiger partial charge in [0.05, 0.1) is 23.8 Å². The van der Waals surface area contributed by atoms with E-state index in [-0.39, 0.29) is 42.2 Å². The predicted molar refractivity (Wildman–Crippen MR) is 162 cm³/mol. The van der Waals surface area contributed by atoms with Gasteiger partial charge in [0.15, 0.2) is 0 Å². The van der Waals surface area contributed by atoms with Crippen molar-refractivity contribution in [2.45, 2.75) is 57.8 Å². The number of cyclic esters (lactones) is 1. The Morgan fingerprint density at radius 1 is 1.02 bits per heavy atom. The second-order valence-corrected chi connectivity index (χ2v) is 11.2. The number of ether oxygens (including phenoxy) is 1. The molecule has 1 aliphatic rings. The van der Waals surface area contributed by atoms with Gasteiger partial charge in [-0.2, -0.15) is 0 Å². The summed E-state index contributed by atoms with van der Waals surface area (Å²) < 4.78 is 27.6. The number of esters is 1. The number of hydrogen-bond acceptors (Lipinski definition) is 4. The van der Waals surface area contributed by atoms with Gasteiger partial charge in [-0.05, 0) is 53.4 Å². The van der Waals surface area contributed by atoms with Gasteiger partial charge in [0.2, 0.25) is 0 Å². The third kappa shape index (κ3) is 6.34. The summed E-state index contributed by atoms with van der Waals surface area (Å²) in [5.41, 5.74) is 5.45. The van der Waals surface area contributed by atoms with E-state index in [0.717, 1.165) is 28.1 Å². The molecule has 1 fully saturated rings. The van der Waals surface area contributed by atoms with Gasteiger partial charge in [-0.15, -0.1) is 0 Å². The molecule has 5 rings (SSSR count). The number of carbonyl (C=O) groups excluding carboxylic acids is 2. The van der Waals surface area contributed by atoms with Crippen LogP contribution in [-0.2, 0) is 20.5 Å². The third-order valence-electron chi connectivity index (χ3n) is 7.52. The Hall–Kier alpha value is -4.01. The maximum Gasteiger partial charge on any atom is 0.308 e. The van der Waals surface area contributed by atoms with E-state index < -0.39 is 0 Å². The van der Waals surface area contributed by atoms with Crippen molar-refractivity contribution in [2.75, 3.05) is 5.32 Å². The number of nitrogens with one attached hydrogen (secondary N) is 1. The van der Waals surface area contributed by atoms with Crippen molar-refractivity contribution in [3.8, 4) is 22.4 Å². The highest BCUT2D eigenvalue weighted by atomic mass is 28.2. The Morgan fingerprint density at radius 2 is 1.68 bits per heavy atom. The first kappa shape index (κ1) is 28.5. The molecule has 1 N–H and O–H groups in total. The third-order valence-corrected chi connectivity index (χ3v) is 8.18. The topological polar surface area (TPSA) is 69.6 Å². The summed E-state index contributed by atoms with van der Waals surface area (Å²) in [5, 5.41) is 3.10. The molecule has 41 heavy (non-hydrogen) atoms. The summed E-state index contributed by atoms with van der Waals surface area (Å²) in [6.45, 7) is 4.64. The summed E-state index contributed by atoms with van der Waals surface area (Å²) in [5.74, 6) is -0.808. The number of amides is 1. The van der Waals surface area contributed by atoms with Crippen LogP contribution >= 0.6 is 0 Å². The van der Waals surface area contributed by atoms with Crippen LogP contribution in [-0.4, -0.2) is 39.1 Å². The lowest BCUT2D eigenvalue weighted by molar-refractivity contribution is -0.159. The average Bonchev–Trinajstić information content (AvgIpc) is 3.33. The summed E-state index contributed by atoms with van der Waals surface area (Å²) in [6, 6.07) is 25.6. The van der Waals surface area contributed by atoms with Gasteiger partial charge in [0.1, 0.15) is 22.4 Å². The number of rotatable bonds is 9. The van der Waals surface area contributed by atoms with Gasteiger partial charge < -0.3 is 19.0 Å². The second kappa shape index (κ2) is 12.7. The summed E-state index contributed by atoms with van der Waals surface area (Å²) in [4.78, 5) is 26.4. The Bertz CT molecular complexity index is 1500. The lowest BCUT2D eigenvalue weighted by Gasteiger charge is -2.29. The molecule has 8 heteroatoms. The first-order valence-electron chi connectivity index (χ1n) is 14.0. The molecule has 1 unspecified atom stereocenters. The van der Waals surface area contributed by atoms with E-state index >= 15 is 0 Å².